The van der Waals surface area contributed by atoms with Crippen LogP contribution in [0.5, 0.6) is 0 Å². The van der Waals surface area contributed by atoms with Crippen molar-refractivity contribution in [2.24, 2.45) is 0 Å². The van der Waals surface area contributed by atoms with Crippen LogP contribution in [0.3, 0.4) is 0 Å². The first-order chi connectivity index (χ1) is 14.2. The van der Waals surface area contributed by atoms with Gasteiger partial charge in [-0.2, -0.15) is 5.26 Å². The SMILES string of the molecule is CC1(C)OB(/C=C(/CCCC#N)[Si](C)(c2ccccc2)c2ccccc2)OC1(C)C. The molecule has 5 heteroatoms. The van der Waals surface area contributed by atoms with Crippen LogP contribution < -0.4 is 10.4 Å². The molecule has 2 aromatic rings. The smallest absolute Gasteiger partial charge is 0.400 e. The zero-order chi connectivity index (χ0) is 21.8. The van der Waals surface area contributed by atoms with E-state index in [4.69, 9.17) is 14.6 Å². The molecule has 0 radical (unpaired) electrons. The first-order valence-corrected chi connectivity index (χ1v) is 13.3. The summed E-state index contributed by atoms with van der Waals surface area (Å²) >= 11 is 0. The van der Waals surface area contributed by atoms with Crippen LogP contribution in [0.15, 0.2) is 71.8 Å². The van der Waals surface area contributed by atoms with E-state index in [9.17, 15) is 0 Å². The number of unbranched alkanes of at least 4 members (excludes halogenated alkanes) is 1. The van der Waals surface area contributed by atoms with Gasteiger partial charge in [0.25, 0.3) is 0 Å². The van der Waals surface area contributed by atoms with Gasteiger partial charge in [-0.15, -0.1) is 0 Å². The van der Waals surface area contributed by atoms with E-state index >= 15 is 0 Å². The molecule has 0 aromatic heterocycles. The van der Waals surface area contributed by atoms with Gasteiger partial charge in [0.1, 0.15) is 8.07 Å². The Kier molecular flexibility index (Phi) is 6.72. The molecule has 3 rings (SSSR count). The van der Waals surface area contributed by atoms with Gasteiger partial charge < -0.3 is 9.31 Å². The summed E-state index contributed by atoms with van der Waals surface area (Å²) in [7, 11) is -2.63. The van der Waals surface area contributed by atoms with Crippen LogP contribution in [0, 0.1) is 11.3 Å². The molecule has 1 heterocycles. The molecule has 156 valence electrons. The number of hydrogen-bond donors (Lipinski definition) is 0. The molecule has 0 spiro atoms. The fourth-order valence-corrected chi connectivity index (χ4v) is 8.00. The number of nitrogens with zero attached hydrogens (tertiary/aromatic N) is 1. The van der Waals surface area contributed by atoms with Crippen LogP contribution in [-0.4, -0.2) is 26.4 Å². The summed E-state index contributed by atoms with van der Waals surface area (Å²) < 4.78 is 12.7. The van der Waals surface area contributed by atoms with Crippen molar-refractivity contribution in [2.45, 2.75) is 64.7 Å². The lowest BCUT2D eigenvalue weighted by atomic mass is 9.89. The Morgan fingerprint density at radius 3 is 1.83 bits per heavy atom. The highest BCUT2D eigenvalue weighted by molar-refractivity contribution is 7.06. The minimum atomic E-state index is -2.25. The highest BCUT2D eigenvalue weighted by atomic mass is 28.3. The number of hydrogen-bond acceptors (Lipinski definition) is 3. The van der Waals surface area contributed by atoms with Gasteiger partial charge in [-0.1, -0.05) is 78.4 Å². The molecule has 0 aliphatic carbocycles. The average molecular weight is 417 g/mol. The minimum absolute atomic E-state index is 0.372. The topological polar surface area (TPSA) is 42.2 Å². The van der Waals surface area contributed by atoms with Gasteiger partial charge in [0.2, 0.25) is 0 Å². The van der Waals surface area contributed by atoms with E-state index in [1.54, 1.807) is 0 Å². The molecular formula is C25H32BNO2Si. The molecule has 1 saturated heterocycles. The molecule has 2 aromatic carbocycles. The second-order valence-electron chi connectivity index (χ2n) is 9.19. The summed E-state index contributed by atoms with van der Waals surface area (Å²) in [6, 6.07) is 23.8. The minimum Gasteiger partial charge on any atom is -0.400 e. The van der Waals surface area contributed by atoms with E-state index in [1.807, 2.05) is 0 Å². The van der Waals surface area contributed by atoms with Crippen molar-refractivity contribution < 1.29 is 9.31 Å². The fourth-order valence-electron chi connectivity index (χ4n) is 4.06. The van der Waals surface area contributed by atoms with E-state index < -0.39 is 8.07 Å². The van der Waals surface area contributed by atoms with Crippen LogP contribution in [-0.2, 0) is 9.31 Å². The second kappa shape index (κ2) is 8.93. The first-order valence-electron chi connectivity index (χ1n) is 10.8. The number of allylic oxidation sites excluding steroid dienone is 1. The third-order valence-electron chi connectivity index (χ3n) is 6.69. The van der Waals surface area contributed by atoms with Crippen molar-refractivity contribution in [2.75, 3.05) is 0 Å². The van der Waals surface area contributed by atoms with E-state index in [1.165, 1.54) is 15.6 Å². The molecule has 0 amide bonds. The summed E-state index contributed by atoms with van der Waals surface area (Å²) in [6.45, 7) is 10.7. The molecule has 0 bridgehead atoms. The predicted molar refractivity (Wildman–Crippen MR) is 127 cm³/mol. The third-order valence-corrected chi connectivity index (χ3v) is 11.4. The van der Waals surface area contributed by atoms with Crippen LogP contribution in [0.2, 0.25) is 6.55 Å². The first kappa shape index (κ1) is 22.6. The number of nitriles is 1. The molecule has 0 N–H and O–H groups in total. The second-order valence-corrected chi connectivity index (χ2v) is 13.2. The molecule has 0 atom stereocenters. The molecule has 0 saturated carbocycles. The van der Waals surface area contributed by atoms with E-state index in [0.717, 1.165) is 12.8 Å². The number of benzene rings is 2. The summed E-state index contributed by atoms with van der Waals surface area (Å²) in [6.07, 6.45) is 2.25. The van der Waals surface area contributed by atoms with Gasteiger partial charge in [-0.3, -0.25) is 0 Å². The quantitative estimate of drug-likeness (QED) is 0.486. The Morgan fingerprint density at radius 1 is 0.933 bits per heavy atom. The molecule has 0 unspecified atom stereocenters. The maximum atomic E-state index is 9.13. The summed E-state index contributed by atoms with van der Waals surface area (Å²) in [5, 5.41) is 13.2. The summed E-state index contributed by atoms with van der Waals surface area (Å²) in [5.74, 6) is 2.21. The van der Waals surface area contributed by atoms with Gasteiger partial charge in [0, 0.05) is 6.42 Å². The Hall–Kier alpha value is -2.13. The standard InChI is InChI=1S/C25H32BNO2Si/c1-24(2)25(3,4)29-26(28-24)20-23(18-12-13-19-27)30(5,21-14-8-6-9-15-21)22-16-10-7-11-17-22/h6-11,14-17,20H,12-13,18H2,1-5H3/b23-20-. The highest BCUT2D eigenvalue weighted by Gasteiger charge is 2.51. The lowest BCUT2D eigenvalue weighted by Gasteiger charge is -2.32. The van der Waals surface area contributed by atoms with Crippen LogP contribution in [0.4, 0.5) is 0 Å². The van der Waals surface area contributed by atoms with Gasteiger partial charge in [0.15, 0.2) is 0 Å². The van der Waals surface area contributed by atoms with E-state index in [0.29, 0.717) is 6.42 Å². The Balaban J connectivity index is 2.10. The normalized spacial score (nSPS) is 18.3. The van der Waals surface area contributed by atoms with Crippen LogP contribution in [0.1, 0.15) is 47.0 Å². The third kappa shape index (κ3) is 4.46. The largest absolute Gasteiger partial charge is 0.486 e. The summed E-state index contributed by atoms with van der Waals surface area (Å²) in [5.41, 5.74) is -0.743. The monoisotopic (exact) mass is 417 g/mol. The summed E-state index contributed by atoms with van der Waals surface area (Å²) in [4.78, 5) is 0. The Labute approximate surface area is 182 Å². The lowest BCUT2D eigenvalue weighted by molar-refractivity contribution is 0.00578. The maximum Gasteiger partial charge on any atom is 0.486 e. The fraction of sp³-hybridized carbons (Fsp3) is 0.400. The van der Waals surface area contributed by atoms with Gasteiger partial charge in [0.05, 0.1) is 17.3 Å². The lowest BCUT2D eigenvalue weighted by Crippen LogP contribution is -2.58. The zero-order valence-corrected chi connectivity index (χ0v) is 19.8. The van der Waals surface area contributed by atoms with Crippen LogP contribution >= 0.6 is 0 Å². The molecule has 1 fully saturated rings. The van der Waals surface area contributed by atoms with Gasteiger partial charge >= 0.3 is 7.12 Å². The van der Waals surface area contributed by atoms with Crippen molar-refractivity contribution in [1.29, 1.82) is 5.26 Å². The van der Waals surface area contributed by atoms with Crippen molar-refractivity contribution in [3.63, 3.8) is 0 Å². The maximum absolute atomic E-state index is 9.13. The molecule has 30 heavy (non-hydrogen) atoms. The number of rotatable bonds is 7. The zero-order valence-electron chi connectivity index (χ0n) is 18.8. The molecule has 3 nitrogen and oxygen atoms in total. The average Bonchev–Trinajstić information content (AvgIpc) is 2.94. The van der Waals surface area contributed by atoms with Gasteiger partial charge in [-0.05, 0) is 50.9 Å². The van der Waals surface area contributed by atoms with Crippen molar-refractivity contribution in [3.8, 4) is 6.07 Å². The van der Waals surface area contributed by atoms with Crippen molar-refractivity contribution >= 4 is 25.6 Å². The van der Waals surface area contributed by atoms with Crippen LogP contribution in [0.25, 0.3) is 0 Å². The van der Waals surface area contributed by atoms with Gasteiger partial charge in [-0.25, -0.2) is 0 Å². The molecular weight excluding hydrogens is 385 g/mol. The highest BCUT2D eigenvalue weighted by Crippen LogP contribution is 2.38. The molecule has 1 aliphatic heterocycles. The van der Waals surface area contributed by atoms with Crippen molar-refractivity contribution in [1.82, 2.24) is 0 Å². The Morgan fingerprint density at radius 2 is 1.40 bits per heavy atom. The predicted octanol–water partition coefficient (Wildman–Crippen LogP) is 4.67. The molecule has 1 aliphatic rings. The van der Waals surface area contributed by atoms with E-state index in [2.05, 4.69) is 107 Å². The van der Waals surface area contributed by atoms with E-state index in [-0.39, 0.29) is 18.3 Å². The van der Waals surface area contributed by atoms with Crippen molar-refractivity contribution in [3.05, 3.63) is 71.8 Å². The Bertz CT molecular complexity index is 864.